The van der Waals surface area contributed by atoms with Crippen LogP contribution in [0.3, 0.4) is 0 Å². The quantitative estimate of drug-likeness (QED) is 0.573. The Morgan fingerprint density at radius 2 is 1.69 bits per heavy atom. The van der Waals surface area contributed by atoms with Gasteiger partial charge in [0.15, 0.2) is 11.6 Å². The van der Waals surface area contributed by atoms with Crippen molar-refractivity contribution < 1.29 is 9.59 Å². The van der Waals surface area contributed by atoms with Crippen LogP contribution < -0.4 is 16.4 Å². The molecule has 0 aliphatic heterocycles. The summed E-state index contributed by atoms with van der Waals surface area (Å²) in [4.78, 5) is 22.0. The third-order valence-electron chi connectivity index (χ3n) is 2.37. The summed E-state index contributed by atoms with van der Waals surface area (Å²) in [6.07, 6.45) is 0.751. The Labute approximate surface area is 97.8 Å². The highest BCUT2D eigenvalue weighted by molar-refractivity contribution is 6.96. The van der Waals surface area contributed by atoms with E-state index in [1.807, 2.05) is 20.9 Å². The van der Waals surface area contributed by atoms with Crippen LogP contribution in [0.25, 0.3) is 0 Å². The largest absolute Gasteiger partial charge is 0.378 e. The minimum atomic E-state index is -0.610. The van der Waals surface area contributed by atoms with Gasteiger partial charge in [0.2, 0.25) is 0 Å². The summed E-state index contributed by atoms with van der Waals surface area (Å²) in [5.74, 6) is -0.939. The maximum absolute atomic E-state index is 11.4. The van der Waals surface area contributed by atoms with E-state index in [0.29, 0.717) is 0 Å². The van der Waals surface area contributed by atoms with Gasteiger partial charge in [-0.1, -0.05) is 0 Å². The second kappa shape index (κ2) is 5.34. The fourth-order valence-corrected chi connectivity index (χ4v) is 1.82. The van der Waals surface area contributed by atoms with E-state index < -0.39 is 5.81 Å². The van der Waals surface area contributed by atoms with E-state index in [1.165, 1.54) is 0 Å². The highest BCUT2D eigenvalue weighted by atomic mass is 16.2. The number of nitrogens with one attached hydrogen (secondary N) is 2. The van der Waals surface area contributed by atoms with Crippen LogP contribution in [0.2, 0.25) is 0 Å². The third-order valence-corrected chi connectivity index (χ3v) is 2.37. The predicted molar refractivity (Wildman–Crippen MR) is 67.1 cm³/mol. The first-order valence-electron chi connectivity index (χ1n) is 5.36. The first kappa shape index (κ1) is 15.0. The van der Waals surface area contributed by atoms with Crippen molar-refractivity contribution in [3.8, 4) is 0 Å². The highest BCUT2D eigenvalue weighted by Crippen LogP contribution is 2.19. The molecule has 16 heavy (non-hydrogen) atoms. The lowest BCUT2D eigenvalue weighted by Gasteiger charge is -2.35. The second-order valence-corrected chi connectivity index (χ2v) is 5.39. The van der Waals surface area contributed by atoms with Crippen molar-refractivity contribution in [2.45, 2.75) is 45.2 Å². The normalized spacial score (nSPS) is 12.1. The molecule has 0 saturated heterocycles. The molecule has 5 nitrogen and oxygen atoms in total. The van der Waals surface area contributed by atoms with Crippen LogP contribution in [0.4, 0.5) is 9.59 Å². The van der Waals surface area contributed by atoms with E-state index >= 15 is 0 Å². The molecular weight excluding hydrogens is 205 g/mol. The van der Waals surface area contributed by atoms with Crippen LogP contribution in [0.5, 0.6) is 0 Å². The van der Waals surface area contributed by atoms with E-state index in [2.05, 4.69) is 24.5 Å². The predicted octanol–water partition coefficient (Wildman–Crippen LogP) is 0.378. The Morgan fingerprint density at radius 1 is 1.19 bits per heavy atom. The van der Waals surface area contributed by atoms with Crippen molar-refractivity contribution in [3.63, 3.8) is 0 Å². The molecule has 0 aromatic carbocycles. The zero-order valence-corrected chi connectivity index (χ0v) is 10.8. The molecule has 0 bridgehead atoms. The maximum Gasteiger partial charge on any atom is 0.340 e. The molecule has 0 fully saturated rings. The lowest BCUT2D eigenvalue weighted by Crippen LogP contribution is -2.53. The Balaban J connectivity index is 4.34. The molecule has 0 heterocycles. The standard InChI is InChI=1S/C10H22BN3O2/c1-9(2,13-5)6-10(3,4)14-8(16)11-7(12)15/h11,13H,6H2,1-5H3,(H2,12,15)(H,14,16). The Morgan fingerprint density at radius 3 is 2.06 bits per heavy atom. The first-order chi connectivity index (χ1) is 7.08. The smallest absolute Gasteiger partial charge is 0.340 e. The monoisotopic (exact) mass is 227 g/mol. The van der Waals surface area contributed by atoms with E-state index in [1.54, 1.807) is 0 Å². The second-order valence-electron chi connectivity index (χ2n) is 5.39. The average Bonchev–Trinajstić information content (AvgIpc) is 1.98. The van der Waals surface area contributed by atoms with Crippen molar-refractivity contribution in [1.29, 1.82) is 0 Å². The molecule has 0 rings (SSSR count). The van der Waals surface area contributed by atoms with Gasteiger partial charge >= 0.3 is 7.28 Å². The molecule has 0 atom stereocenters. The maximum atomic E-state index is 11.4. The van der Waals surface area contributed by atoms with Crippen molar-refractivity contribution in [2.75, 3.05) is 7.05 Å². The van der Waals surface area contributed by atoms with E-state index in [4.69, 9.17) is 5.73 Å². The summed E-state index contributed by atoms with van der Waals surface area (Å²) in [5.41, 5.74) is 4.50. The summed E-state index contributed by atoms with van der Waals surface area (Å²) in [6, 6.07) is 0. The van der Waals surface area contributed by atoms with Crippen molar-refractivity contribution in [2.24, 2.45) is 5.73 Å². The number of carbonyl (C=O) groups excluding carboxylic acids is 2. The lowest BCUT2D eigenvalue weighted by molar-refractivity contribution is 0.233. The van der Waals surface area contributed by atoms with Crippen LogP contribution in [0.1, 0.15) is 34.1 Å². The zero-order chi connectivity index (χ0) is 13.0. The van der Waals surface area contributed by atoms with Crippen molar-refractivity contribution in [1.82, 2.24) is 10.6 Å². The van der Waals surface area contributed by atoms with Crippen LogP contribution in [0, 0.1) is 0 Å². The Kier molecular flexibility index (Phi) is 5.00. The number of hydrogen-bond donors (Lipinski definition) is 3. The summed E-state index contributed by atoms with van der Waals surface area (Å²) < 4.78 is 0. The van der Waals surface area contributed by atoms with Gasteiger partial charge in [-0.25, -0.2) is 0 Å². The molecule has 0 aromatic rings. The van der Waals surface area contributed by atoms with E-state index in [0.717, 1.165) is 6.42 Å². The molecule has 0 aliphatic rings. The number of carbonyl (C=O) groups is 2. The number of amides is 2. The summed E-state index contributed by atoms with van der Waals surface area (Å²) in [7, 11) is 1.62. The summed E-state index contributed by atoms with van der Waals surface area (Å²) in [5, 5.41) is 5.97. The van der Waals surface area contributed by atoms with Crippen molar-refractivity contribution in [3.05, 3.63) is 0 Å². The molecule has 92 valence electrons. The van der Waals surface area contributed by atoms with E-state index in [9.17, 15) is 9.59 Å². The van der Waals surface area contributed by atoms with Gasteiger partial charge in [0.25, 0.3) is 0 Å². The van der Waals surface area contributed by atoms with Crippen LogP contribution in [0.15, 0.2) is 0 Å². The minimum absolute atomic E-state index is 0.0799. The summed E-state index contributed by atoms with van der Waals surface area (Å²) >= 11 is 0. The molecule has 0 aliphatic carbocycles. The van der Waals surface area contributed by atoms with Crippen LogP contribution in [-0.4, -0.2) is 37.0 Å². The molecule has 0 spiro atoms. The first-order valence-corrected chi connectivity index (χ1v) is 5.36. The molecule has 0 saturated carbocycles. The van der Waals surface area contributed by atoms with Crippen LogP contribution in [-0.2, 0) is 0 Å². The van der Waals surface area contributed by atoms with Gasteiger partial charge in [0.05, 0.1) is 0 Å². The molecule has 4 N–H and O–H groups in total. The fourth-order valence-electron chi connectivity index (χ4n) is 1.82. The number of nitrogens with two attached hydrogens (primary N) is 1. The lowest BCUT2D eigenvalue weighted by atomic mass is 9.75. The minimum Gasteiger partial charge on any atom is -0.378 e. The molecule has 0 aromatic heterocycles. The zero-order valence-electron chi connectivity index (χ0n) is 10.8. The molecule has 6 heteroatoms. The SMILES string of the molecule is CNC(C)(C)CC(C)(C)NC(=O)BC(N)=O. The van der Waals surface area contributed by atoms with Gasteiger partial charge in [-0.2, -0.15) is 0 Å². The fraction of sp³-hybridized carbons (Fsp3) is 0.800. The van der Waals surface area contributed by atoms with Crippen molar-refractivity contribution >= 4 is 18.9 Å². The topological polar surface area (TPSA) is 84.2 Å². The van der Waals surface area contributed by atoms with Gasteiger partial charge in [-0.3, -0.25) is 9.59 Å². The average molecular weight is 227 g/mol. The summed E-state index contributed by atoms with van der Waals surface area (Å²) in [6.45, 7) is 7.94. The van der Waals surface area contributed by atoms with Gasteiger partial charge < -0.3 is 16.4 Å². The molecule has 0 radical (unpaired) electrons. The Hall–Kier alpha value is -1.04. The third kappa shape index (κ3) is 6.45. The van der Waals surface area contributed by atoms with Gasteiger partial charge in [0.1, 0.15) is 0 Å². The number of primary amides is 1. The highest BCUT2D eigenvalue weighted by Gasteiger charge is 2.29. The molecule has 0 unspecified atom stereocenters. The van der Waals surface area contributed by atoms with Gasteiger partial charge in [-0.05, 0) is 41.2 Å². The van der Waals surface area contributed by atoms with Gasteiger partial charge in [-0.15, -0.1) is 0 Å². The number of hydrogen-bond acceptors (Lipinski definition) is 3. The Bertz CT molecular complexity index is 277. The number of rotatable bonds is 6. The van der Waals surface area contributed by atoms with Crippen LogP contribution >= 0.6 is 0 Å². The van der Waals surface area contributed by atoms with E-state index in [-0.39, 0.29) is 24.2 Å². The molecule has 2 amide bonds. The molecular formula is C10H22BN3O2. The van der Waals surface area contributed by atoms with Gasteiger partial charge in [0, 0.05) is 11.1 Å².